The molecule has 0 heterocycles. The second-order valence-corrected chi connectivity index (χ2v) is 6.74. The number of nitrogens with one attached hydrogen (secondary N) is 1. The Labute approximate surface area is 134 Å². The van der Waals surface area contributed by atoms with Crippen LogP contribution in [-0.2, 0) is 0 Å². The molecule has 1 atom stereocenters. The Kier molecular flexibility index (Phi) is 7.01. The Morgan fingerprint density at radius 1 is 1.29 bits per heavy atom. The summed E-state index contributed by atoms with van der Waals surface area (Å²) in [5.41, 5.74) is 1.23. The Morgan fingerprint density at radius 3 is 2.67 bits per heavy atom. The van der Waals surface area contributed by atoms with Crippen molar-refractivity contribution >= 4 is 11.6 Å². The molecular formula is C18H29ClN2. The summed E-state index contributed by atoms with van der Waals surface area (Å²) in [5, 5.41) is 4.45. The third kappa shape index (κ3) is 5.28. The van der Waals surface area contributed by atoms with Gasteiger partial charge in [0.2, 0.25) is 0 Å². The molecule has 2 nitrogen and oxygen atoms in total. The molecule has 1 aliphatic rings. The molecule has 0 aliphatic heterocycles. The summed E-state index contributed by atoms with van der Waals surface area (Å²) in [5.74, 6) is 0.924. The van der Waals surface area contributed by atoms with Crippen LogP contribution in [0.25, 0.3) is 0 Å². The molecule has 1 N–H and O–H groups in total. The molecule has 0 saturated heterocycles. The van der Waals surface area contributed by atoms with Crippen LogP contribution in [0.1, 0.15) is 50.6 Å². The highest BCUT2D eigenvalue weighted by Crippen LogP contribution is 2.27. The van der Waals surface area contributed by atoms with Gasteiger partial charge in [0.15, 0.2) is 0 Å². The Morgan fingerprint density at radius 2 is 2.00 bits per heavy atom. The fourth-order valence-corrected chi connectivity index (χ4v) is 3.71. The zero-order chi connectivity index (χ0) is 15.1. The van der Waals surface area contributed by atoms with Crippen LogP contribution in [0.3, 0.4) is 0 Å². The lowest BCUT2D eigenvalue weighted by molar-refractivity contribution is 0.263. The zero-order valence-electron chi connectivity index (χ0n) is 13.4. The standard InChI is InChI=1S/C18H29ClN2/c1-3-20-18(16-10-6-7-11-17(16)19)12-13-21(2)14-15-8-4-5-9-15/h6-7,10-11,15,18,20H,3-5,8-9,12-14H2,1-2H3. The van der Waals surface area contributed by atoms with Gasteiger partial charge >= 0.3 is 0 Å². The van der Waals surface area contributed by atoms with Gasteiger partial charge in [0.25, 0.3) is 0 Å². The smallest absolute Gasteiger partial charge is 0.0453 e. The fourth-order valence-electron chi connectivity index (χ4n) is 3.45. The van der Waals surface area contributed by atoms with Crippen molar-refractivity contribution in [3.63, 3.8) is 0 Å². The first-order chi connectivity index (χ1) is 10.2. The van der Waals surface area contributed by atoms with E-state index in [0.29, 0.717) is 6.04 Å². The summed E-state index contributed by atoms with van der Waals surface area (Å²) in [4.78, 5) is 2.50. The van der Waals surface area contributed by atoms with Gasteiger partial charge in [-0.25, -0.2) is 0 Å². The van der Waals surface area contributed by atoms with Crippen LogP contribution in [0.5, 0.6) is 0 Å². The van der Waals surface area contributed by atoms with Crippen molar-refractivity contribution in [1.29, 1.82) is 0 Å². The van der Waals surface area contributed by atoms with Crippen molar-refractivity contribution in [3.8, 4) is 0 Å². The number of hydrogen-bond donors (Lipinski definition) is 1. The van der Waals surface area contributed by atoms with E-state index < -0.39 is 0 Å². The minimum Gasteiger partial charge on any atom is -0.310 e. The lowest BCUT2D eigenvalue weighted by Gasteiger charge is -2.25. The lowest BCUT2D eigenvalue weighted by Crippen LogP contribution is -2.30. The molecule has 1 aromatic rings. The summed E-state index contributed by atoms with van der Waals surface area (Å²) in [6, 6.07) is 8.57. The van der Waals surface area contributed by atoms with Crippen LogP contribution in [0, 0.1) is 5.92 Å². The maximum Gasteiger partial charge on any atom is 0.0453 e. The average molecular weight is 309 g/mol. The van der Waals surface area contributed by atoms with E-state index in [1.807, 2.05) is 12.1 Å². The van der Waals surface area contributed by atoms with Crippen molar-refractivity contribution in [2.24, 2.45) is 5.92 Å². The van der Waals surface area contributed by atoms with Crippen LogP contribution in [0.4, 0.5) is 0 Å². The Hall–Kier alpha value is -0.570. The van der Waals surface area contributed by atoms with Crippen molar-refractivity contribution in [2.75, 3.05) is 26.7 Å². The molecule has 1 aromatic carbocycles. The highest BCUT2D eigenvalue weighted by Gasteiger charge is 2.18. The minimum absolute atomic E-state index is 0.356. The highest BCUT2D eigenvalue weighted by molar-refractivity contribution is 6.31. The molecule has 1 aliphatic carbocycles. The molecule has 0 aromatic heterocycles. The maximum atomic E-state index is 6.35. The zero-order valence-corrected chi connectivity index (χ0v) is 14.2. The summed E-state index contributed by atoms with van der Waals surface area (Å²) < 4.78 is 0. The molecule has 1 unspecified atom stereocenters. The molecule has 21 heavy (non-hydrogen) atoms. The highest BCUT2D eigenvalue weighted by atomic mass is 35.5. The first kappa shape index (κ1) is 16.8. The molecule has 0 amide bonds. The van der Waals surface area contributed by atoms with Crippen molar-refractivity contribution in [2.45, 2.75) is 45.1 Å². The topological polar surface area (TPSA) is 15.3 Å². The molecule has 1 saturated carbocycles. The van der Waals surface area contributed by atoms with Gasteiger partial charge in [-0.05, 0) is 56.9 Å². The second kappa shape index (κ2) is 8.77. The maximum absolute atomic E-state index is 6.35. The summed E-state index contributed by atoms with van der Waals surface area (Å²) in [7, 11) is 2.26. The third-order valence-corrected chi connectivity index (χ3v) is 4.92. The van der Waals surface area contributed by atoms with Crippen LogP contribution in [0.2, 0.25) is 5.02 Å². The predicted molar refractivity (Wildman–Crippen MR) is 91.9 cm³/mol. The van der Waals surface area contributed by atoms with Gasteiger partial charge in [-0.3, -0.25) is 0 Å². The summed E-state index contributed by atoms with van der Waals surface area (Å²) in [6.07, 6.45) is 6.81. The van der Waals surface area contributed by atoms with Crippen LogP contribution < -0.4 is 5.32 Å². The van der Waals surface area contributed by atoms with E-state index >= 15 is 0 Å². The normalized spacial score (nSPS) is 17.5. The number of halogens is 1. The molecule has 0 bridgehead atoms. The molecule has 1 fully saturated rings. The van der Waals surface area contributed by atoms with Crippen molar-refractivity contribution < 1.29 is 0 Å². The average Bonchev–Trinajstić information content (AvgIpc) is 2.97. The molecule has 2 rings (SSSR count). The largest absolute Gasteiger partial charge is 0.310 e. The molecule has 0 radical (unpaired) electrons. The van der Waals surface area contributed by atoms with Gasteiger partial charge in [-0.15, -0.1) is 0 Å². The van der Waals surface area contributed by atoms with Gasteiger partial charge in [-0.1, -0.05) is 49.6 Å². The Balaban J connectivity index is 1.86. The lowest BCUT2D eigenvalue weighted by atomic mass is 10.0. The van der Waals surface area contributed by atoms with E-state index in [-0.39, 0.29) is 0 Å². The first-order valence-electron chi connectivity index (χ1n) is 8.37. The number of rotatable bonds is 8. The van der Waals surface area contributed by atoms with Crippen LogP contribution in [0.15, 0.2) is 24.3 Å². The van der Waals surface area contributed by atoms with E-state index in [4.69, 9.17) is 11.6 Å². The van der Waals surface area contributed by atoms with Gasteiger partial charge in [0.05, 0.1) is 0 Å². The minimum atomic E-state index is 0.356. The van der Waals surface area contributed by atoms with Crippen molar-refractivity contribution in [1.82, 2.24) is 10.2 Å². The van der Waals surface area contributed by atoms with Crippen LogP contribution in [-0.4, -0.2) is 31.6 Å². The number of nitrogens with zero attached hydrogens (tertiary/aromatic N) is 1. The van der Waals surface area contributed by atoms with Crippen LogP contribution >= 0.6 is 11.6 Å². The monoisotopic (exact) mass is 308 g/mol. The SMILES string of the molecule is CCNC(CCN(C)CC1CCCC1)c1ccccc1Cl. The molecule has 118 valence electrons. The van der Waals surface area contributed by atoms with E-state index in [2.05, 4.69) is 36.3 Å². The van der Waals surface area contributed by atoms with Gasteiger partial charge in [-0.2, -0.15) is 0 Å². The summed E-state index contributed by atoms with van der Waals surface area (Å²) in [6.45, 7) is 5.51. The van der Waals surface area contributed by atoms with Gasteiger partial charge in [0, 0.05) is 17.6 Å². The van der Waals surface area contributed by atoms with E-state index in [0.717, 1.165) is 30.5 Å². The van der Waals surface area contributed by atoms with Gasteiger partial charge in [0.1, 0.15) is 0 Å². The van der Waals surface area contributed by atoms with E-state index in [1.165, 1.54) is 37.8 Å². The molecule has 0 spiro atoms. The molecule has 3 heteroatoms. The van der Waals surface area contributed by atoms with Gasteiger partial charge < -0.3 is 10.2 Å². The first-order valence-corrected chi connectivity index (χ1v) is 8.74. The third-order valence-electron chi connectivity index (χ3n) is 4.58. The Bertz CT molecular complexity index is 415. The fraction of sp³-hybridized carbons (Fsp3) is 0.667. The van der Waals surface area contributed by atoms with E-state index in [1.54, 1.807) is 0 Å². The number of hydrogen-bond acceptors (Lipinski definition) is 2. The summed E-state index contributed by atoms with van der Waals surface area (Å²) >= 11 is 6.35. The second-order valence-electron chi connectivity index (χ2n) is 6.33. The van der Waals surface area contributed by atoms with E-state index in [9.17, 15) is 0 Å². The molecular weight excluding hydrogens is 280 g/mol. The van der Waals surface area contributed by atoms with Crippen molar-refractivity contribution in [3.05, 3.63) is 34.9 Å². The quantitative estimate of drug-likeness (QED) is 0.760. The predicted octanol–water partition coefficient (Wildman–Crippen LogP) is 4.50. The number of benzene rings is 1.